The Kier molecular flexibility index (Phi) is 5.79. The van der Waals surface area contributed by atoms with Crippen molar-refractivity contribution in [3.05, 3.63) is 76.0 Å². The van der Waals surface area contributed by atoms with Crippen molar-refractivity contribution in [3.8, 4) is 10.6 Å². The van der Waals surface area contributed by atoms with E-state index in [0.29, 0.717) is 27.4 Å². The van der Waals surface area contributed by atoms with Gasteiger partial charge in [0.2, 0.25) is 5.91 Å². The molecular formula is C20H16F4N2OS. The van der Waals surface area contributed by atoms with Gasteiger partial charge in [-0.3, -0.25) is 4.79 Å². The molecule has 8 heteroatoms. The van der Waals surface area contributed by atoms with Gasteiger partial charge in [0.25, 0.3) is 0 Å². The van der Waals surface area contributed by atoms with Gasteiger partial charge in [0, 0.05) is 17.5 Å². The maximum absolute atomic E-state index is 13.5. The lowest BCUT2D eigenvalue weighted by atomic mass is 10.1. The molecule has 3 nitrogen and oxygen atoms in total. The van der Waals surface area contributed by atoms with Crippen molar-refractivity contribution < 1.29 is 22.4 Å². The number of thiazole rings is 1. The fourth-order valence-corrected chi connectivity index (χ4v) is 3.32. The summed E-state index contributed by atoms with van der Waals surface area (Å²) in [5, 5.41) is 4.93. The molecule has 2 aromatic carbocycles. The second kappa shape index (κ2) is 8.10. The van der Waals surface area contributed by atoms with Crippen LogP contribution in [0.25, 0.3) is 10.6 Å². The minimum atomic E-state index is -4.38. The summed E-state index contributed by atoms with van der Waals surface area (Å²) in [4.78, 5) is 16.4. The Balaban J connectivity index is 1.59. The molecule has 0 bridgehead atoms. The van der Waals surface area contributed by atoms with Crippen LogP contribution in [0, 0.1) is 12.7 Å². The highest BCUT2D eigenvalue weighted by atomic mass is 32.1. The van der Waals surface area contributed by atoms with Crippen LogP contribution >= 0.6 is 11.3 Å². The fourth-order valence-electron chi connectivity index (χ4n) is 2.50. The number of alkyl halides is 3. The van der Waals surface area contributed by atoms with Crippen LogP contribution < -0.4 is 5.32 Å². The highest BCUT2D eigenvalue weighted by Crippen LogP contribution is 2.31. The van der Waals surface area contributed by atoms with Crippen LogP contribution in [0.4, 0.5) is 17.6 Å². The summed E-state index contributed by atoms with van der Waals surface area (Å²) in [6, 6.07) is 9.49. The molecular weight excluding hydrogens is 392 g/mol. The van der Waals surface area contributed by atoms with Crippen LogP contribution in [0.15, 0.2) is 47.8 Å². The summed E-state index contributed by atoms with van der Waals surface area (Å²) < 4.78 is 51.4. The molecule has 0 fully saturated rings. The van der Waals surface area contributed by atoms with Gasteiger partial charge in [-0.1, -0.05) is 24.3 Å². The third-order valence-electron chi connectivity index (χ3n) is 4.08. The molecule has 1 aromatic heterocycles. The molecule has 0 saturated heterocycles. The molecule has 1 N–H and O–H groups in total. The second-order valence-electron chi connectivity index (χ2n) is 6.26. The van der Waals surface area contributed by atoms with Gasteiger partial charge in [-0.15, -0.1) is 11.3 Å². The van der Waals surface area contributed by atoms with Crippen LogP contribution in [0.1, 0.15) is 22.4 Å². The van der Waals surface area contributed by atoms with Crippen molar-refractivity contribution in [2.45, 2.75) is 26.1 Å². The number of hydrogen-bond donors (Lipinski definition) is 1. The Morgan fingerprint density at radius 3 is 2.50 bits per heavy atom. The summed E-state index contributed by atoms with van der Waals surface area (Å²) in [6.07, 6.45) is -4.35. The van der Waals surface area contributed by atoms with Gasteiger partial charge in [0.05, 0.1) is 17.7 Å². The molecule has 3 aromatic rings. The van der Waals surface area contributed by atoms with Gasteiger partial charge in [-0.05, 0) is 36.2 Å². The summed E-state index contributed by atoms with van der Waals surface area (Å²) in [7, 11) is 0. The summed E-state index contributed by atoms with van der Waals surface area (Å²) in [6.45, 7) is 1.86. The highest BCUT2D eigenvalue weighted by molar-refractivity contribution is 7.13. The number of nitrogens with zero attached hydrogens (tertiary/aromatic N) is 1. The molecule has 28 heavy (non-hydrogen) atoms. The van der Waals surface area contributed by atoms with Gasteiger partial charge >= 0.3 is 6.18 Å². The van der Waals surface area contributed by atoms with Gasteiger partial charge in [0.1, 0.15) is 10.8 Å². The van der Waals surface area contributed by atoms with Gasteiger partial charge < -0.3 is 5.32 Å². The monoisotopic (exact) mass is 408 g/mol. The Bertz CT molecular complexity index is 981. The normalized spacial score (nSPS) is 11.5. The third kappa shape index (κ3) is 4.95. The zero-order chi connectivity index (χ0) is 20.3. The van der Waals surface area contributed by atoms with E-state index in [9.17, 15) is 22.4 Å². The molecule has 0 atom stereocenters. The lowest BCUT2D eigenvalue weighted by molar-refractivity contribution is -0.137. The van der Waals surface area contributed by atoms with Gasteiger partial charge in [-0.25, -0.2) is 9.37 Å². The van der Waals surface area contributed by atoms with E-state index in [2.05, 4.69) is 10.3 Å². The number of nitrogens with one attached hydrogen (secondary N) is 1. The summed E-state index contributed by atoms with van der Waals surface area (Å²) >= 11 is 1.25. The van der Waals surface area contributed by atoms with E-state index in [0.717, 1.165) is 12.1 Å². The number of amides is 1. The Morgan fingerprint density at radius 2 is 1.86 bits per heavy atom. The predicted octanol–water partition coefficient (Wildman–Crippen LogP) is 5.14. The first-order valence-corrected chi connectivity index (χ1v) is 9.24. The number of aryl methyl sites for hydroxylation is 1. The summed E-state index contributed by atoms with van der Waals surface area (Å²) in [5.74, 6) is -0.599. The zero-order valence-corrected chi connectivity index (χ0v) is 15.6. The maximum atomic E-state index is 13.5. The first-order valence-electron chi connectivity index (χ1n) is 8.36. The van der Waals surface area contributed by atoms with E-state index >= 15 is 0 Å². The molecule has 0 aliphatic carbocycles. The lowest BCUT2D eigenvalue weighted by Gasteiger charge is -2.06. The number of rotatable bonds is 5. The molecule has 146 valence electrons. The second-order valence-corrected chi connectivity index (χ2v) is 7.11. The average molecular weight is 408 g/mol. The van der Waals surface area contributed by atoms with Crippen LogP contribution in [0.5, 0.6) is 0 Å². The quantitative estimate of drug-likeness (QED) is 0.595. The number of carbonyl (C=O) groups excluding carboxylic acids is 1. The number of hydrogen-bond acceptors (Lipinski definition) is 3. The molecule has 3 rings (SSSR count). The topological polar surface area (TPSA) is 42.0 Å². The molecule has 0 aliphatic rings. The lowest BCUT2D eigenvalue weighted by Crippen LogP contribution is -2.24. The van der Waals surface area contributed by atoms with Gasteiger partial charge in [-0.2, -0.15) is 13.2 Å². The molecule has 1 amide bonds. The summed E-state index contributed by atoms with van der Waals surface area (Å²) in [5.41, 5.74) is 1.54. The molecule has 0 radical (unpaired) electrons. The smallest absolute Gasteiger partial charge is 0.352 e. The first-order chi connectivity index (χ1) is 13.2. The SMILES string of the molecule is Cc1ccc(CNC(=O)Cc2csc(-c3ccc(C(F)(F)F)cc3)n2)cc1F. The molecule has 0 unspecified atom stereocenters. The molecule has 0 spiro atoms. The average Bonchev–Trinajstić information content (AvgIpc) is 3.10. The van der Waals surface area contributed by atoms with E-state index in [1.165, 1.54) is 29.5 Å². The minimum Gasteiger partial charge on any atom is -0.352 e. The molecule has 1 heterocycles. The number of carbonyl (C=O) groups is 1. The van der Waals surface area contributed by atoms with Crippen molar-refractivity contribution in [2.75, 3.05) is 0 Å². The zero-order valence-electron chi connectivity index (χ0n) is 14.8. The van der Waals surface area contributed by atoms with Crippen LogP contribution in [0.2, 0.25) is 0 Å². The van der Waals surface area contributed by atoms with E-state index in [-0.39, 0.29) is 24.7 Å². The van der Waals surface area contributed by atoms with Crippen molar-refractivity contribution in [3.63, 3.8) is 0 Å². The first kappa shape index (κ1) is 20.0. The third-order valence-corrected chi connectivity index (χ3v) is 5.02. The standard InChI is InChI=1S/C20H16F4N2OS/c1-12-2-3-13(8-17(12)21)10-25-18(27)9-16-11-28-19(26-16)14-4-6-15(7-5-14)20(22,23)24/h2-8,11H,9-10H2,1H3,(H,25,27). The minimum absolute atomic E-state index is 0.0332. The van der Waals surface area contributed by atoms with Crippen molar-refractivity contribution in [1.82, 2.24) is 10.3 Å². The number of benzene rings is 2. The molecule has 0 saturated carbocycles. The maximum Gasteiger partial charge on any atom is 0.416 e. The van der Waals surface area contributed by atoms with Crippen molar-refractivity contribution in [2.24, 2.45) is 0 Å². The van der Waals surface area contributed by atoms with Crippen molar-refractivity contribution in [1.29, 1.82) is 0 Å². The predicted molar refractivity (Wildman–Crippen MR) is 99.2 cm³/mol. The largest absolute Gasteiger partial charge is 0.416 e. The van der Waals surface area contributed by atoms with Crippen LogP contribution in [-0.2, 0) is 23.9 Å². The number of aromatic nitrogens is 1. The Hall–Kier alpha value is -2.74. The fraction of sp³-hybridized carbons (Fsp3) is 0.200. The Morgan fingerprint density at radius 1 is 1.14 bits per heavy atom. The van der Waals surface area contributed by atoms with Crippen LogP contribution in [-0.4, -0.2) is 10.9 Å². The number of halogens is 4. The van der Waals surface area contributed by atoms with E-state index in [1.807, 2.05) is 0 Å². The Labute approximate surface area is 163 Å². The van der Waals surface area contributed by atoms with Gasteiger partial charge in [0.15, 0.2) is 0 Å². The molecule has 0 aliphatic heterocycles. The van der Waals surface area contributed by atoms with E-state index < -0.39 is 11.7 Å². The van der Waals surface area contributed by atoms with Crippen molar-refractivity contribution >= 4 is 17.2 Å². The highest BCUT2D eigenvalue weighted by Gasteiger charge is 2.30. The van der Waals surface area contributed by atoms with Crippen LogP contribution in [0.3, 0.4) is 0 Å². The van der Waals surface area contributed by atoms with E-state index in [4.69, 9.17) is 0 Å². The van der Waals surface area contributed by atoms with E-state index in [1.54, 1.807) is 24.4 Å².